The zero-order valence-electron chi connectivity index (χ0n) is 12.2. The minimum atomic E-state index is -0.521. The van der Waals surface area contributed by atoms with Crippen molar-refractivity contribution in [2.24, 2.45) is 0 Å². The first-order valence-corrected chi connectivity index (χ1v) is 7.25. The van der Waals surface area contributed by atoms with E-state index in [1.165, 1.54) is 11.0 Å². The molecular weight excluding hydrogens is 322 g/mol. The molecule has 1 aromatic heterocycles. The third kappa shape index (κ3) is 2.95. The van der Waals surface area contributed by atoms with Crippen LogP contribution in [0.2, 0.25) is 5.15 Å². The normalized spacial score (nSPS) is 12.8. The van der Waals surface area contributed by atoms with Crippen molar-refractivity contribution in [1.29, 1.82) is 0 Å². The molecule has 7 nitrogen and oxygen atoms in total. The number of esters is 1. The summed E-state index contributed by atoms with van der Waals surface area (Å²) < 4.78 is 10.6. The van der Waals surface area contributed by atoms with E-state index in [2.05, 4.69) is 10.2 Å². The van der Waals surface area contributed by atoms with Gasteiger partial charge in [0.1, 0.15) is 12.1 Å². The zero-order chi connectivity index (χ0) is 16.4. The molecule has 0 saturated carbocycles. The maximum absolute atomic E-state index is 12.8. The molecule has 23 heavy (non-hydrogen) atoms. The van der Waals surface area contributed by atoms with Crippen LogP contribution in [0.3, 0.4) is 0 Å². The Labute approximate surface area is 136 Å². The number of halogens is 1. The van der Waals surface area contributed by atoms with Crippen LogP contribution < -0.4 is 9.64 Å². The van der Waals surface area contributed by atoms with E-state index in [9.17, 15) is 9.59 Å². The van der Waals surface area contributed by atoms with Crippen LogP contribution in [-0.2, 0) is 9.53 Å². The van der Waals surface area contributed by atoms with Crippen molar-refractivity contribution in [2.45, 2.75) is 6.92 Å². The highest BCUT2D eigenvalue weighted by Crippen LogP contribution is 2.37. The molecule has 1 aromatic carbocycles. The second kappa shape index (κ2) is 6.21. The molecule has 0 N–H and O–H groups in total. The molecule has 0 radical (unpaired) electrons. The predicted octanol–water partition coefficient (Wildman–Crippen LogP) is 2.45. The number of rotatable bonds is 3. The SMILES string of the molecule is CCOC(=O)CN1C(=O)c2cc(Cl)nnc2Oc2ccccc21. The third-order valence-corrected chi connectivity index (χ3v) is 3.35. The lowest BCUT2D eigenvalue weighted by molar-refractivity contribution is -0.141. The molecule has 0 saturated heterocycles. The van der Waals surface area contributed by atoms with Gasteiger partial charge < -0.3 is 9.47 Å². The van der Waals surface area contributed by atoms with Gasteiger partial charge in [-0.1, -0.05) is 23.7 Å². The van der Waals surface area contributed by atoms with Gasteiger partial charge in [-0.25, -0.2) is 0 Å². The molecule has 8 heteroatoms. The summed E-state index contributed by atoms with van der Waals surface area (Å²) >= 11 is 5.82. The number of anilines is 1. The summed E-state index contributed by atoms with van der Waals surface area (Å²) in [5, 5.41) is 7.55. The first-order valence-electron chi connectivity index (χ1n) is 6.87. The number of hydrogen-bond donors (Lipinski definition) is 0. The maximum atomic E-state index is 12.8. The van der Waals surface area contributed by atoms with Gasteiger partial charge >= 0.3 is 5.97 Å². The van der Waals surface area contributed by atoms with Gasteiger partial charge in [0.2, 0.25) is 0 Å². The van der Waals surface area contributed by atoms with Crippen molar-refractivity contribution < 1.29 is 19.1 Å². The Balaban J connectivity index is 2.09. The standard InChI is InChI=1S/C15H12ClN3O4/c1-2-22-13(20)8-19-10-5-3-4-6-11(10)23-14-9(15(19)21)7-12(16)17-18-14/h3-7H,2,8H2,1H3. The summed E-state index contributed by atoms with van der Waals surface area (Å²) in [6.07, 6.45) is 0. The molecule has 118 valence electrons. The maximum Gasteiger partial charge on any atom is 0.326 e. The van der Waals surface area contributed by atoms with Crippen LogP contribution in [-0.4, -0.2) is 35.2 Å². The minimum absolute atomic E-state index is 0.0400. The lowest BCUT2D eigenvalue weighted by Crippen LogP contribution is -2.36. The smallest absolute Gasteiger partial charge is 0.326 e. The number of amides is 1. The van der Waals surface area contributed by atoms with Gasteiger partial charge in [-0.05, 0) is 25.1 Å². The third-order valence-electron chi connectivity index (χ3n) is 3.16. The number of hydrogen-bond acceptors (Lipinski definition) is 6. The van der Waals surface area contributed by atoms with E-state index in [1.54, 1.807) is 31.2 Å². The molecule has 1 amide bonds. The number of aromatic nitrogens is 2. The number of carbonyl (C=O) groups excluding carboxylic acids is 2. The Kier molecular flexibility index (Phi) is 4.12. The Morgan fingerprint density at radius 3 is 2.91 bits per heavy atom. The summed E-state index contributed by atoms with van der Waals surface area (Å²) in [7, 11) is 0. The monoisotopic (exact) mass is 333 g/mol. The van der Waals surface area contributed by atoms with Crippen LogP contribution in [0.4, 0.5) is 5.69 Å². The lowest BCUT2D eigenvalue weighted by Gasteiger charge is -2.20. The first kappa shape index (κ1) is 15.2. The number of para-hydroxylation sites is 2. The minimum Gasteiger partial charge on any atom is -0.465 e. The number of fused-ring (bicyclic) bond motifs is 2. The van der Waals surface area contributed by atoms with Gasteiger partial charge in [0.25, 0.3) is 11.8 Å². The van der Waals surface area contributed by atoms with Gasteiger partial charge in [-0.3, -0.25) is 14.5 Å². The van der Waals surface area contributed by atoms with Crippen LogP contribution in [0.5, 0.6) is 11.6 Å². The zero-order valence-corrected chi connectivity index (χ0v) is 12.9. The molecule has 0 bridgehead atoms. The van der Waals surface area contributed by atoms with Gasteiger partial charge in [-0.15, -0.1) is 10.2 Å². The van der Waals surface area contributed by atoms with Gasteiger partial charge in [0.05, 0.1) is 12.3 Å². The van der Waals surface area contributed by atoms with Crippen molar-refractivity contribution in [3.63, 3.8) is 0 Å². The second-order valence-electron chi connectivity index (χ2n) is 4.65. The summed E-state index contributed by atoms with van der Waals surface area (Å²) in [4.78, 5) is 25.9. The number of benzene rings is 1. The van der Waals surface area contributed by atoms with Crippen LogP contribution in [0.25, 0.3) is 0 Å². The molecular formula is C15H12ClN3O4. The van der Waals surface area contributed by atoms with Gasteiger partial charge in [-0.2, -0.15) is 0 Å². The predicted molar refractivity (Wildman–Crippen MR) is 81.9 cm³/mol. The Morgan fingerprint density at radius 2 is 2.13 bits per heavy atom. The summed E-state index contributed by atoms with van der Waals surface area (Å²) in [6.45, 7) is 1.68. The second-order valence-corrected chi connectivity index (χ2v) is 5.04. The summed E-state index contributed by atoms with van der Waals surface area (Å²) in [5.41, 5.74) is 0.574. The van der Waals surface area contributed by atoms with Crippen LogP contribution in [0, 0.1) is 0 Å². The molecule has 0 spiro atoms. The molecule has 0 fully saturated rings. The fraction of sp³-hybridized carbons (Fsp3) is 0.200. The largest absolute Gasteiger partial charge is 0.465 e. The van der Waals surface area contributed by atoms with E-state index >= 15 is 0 Å². The molecule has 2 aromatic rings. The van der Waals surface area contributed by atoms with Crippen molar-refractivity contribution >= 4 is 29.2 Å². The lowest BCUT2D eigenvalue weighted by atomic mass is 10.2. The van der Waals surface area contributed by atoms with Crippen LogP contribution >= 0.6 is 11.6 Å². The highest BCUT2D eigenvalue weighted by Gasteiger charge is 2.31. The number of nitrogens with zero attached hydrogens (tertiary/aromatic N) is 3. The van der Waals surface area contributed by atoms with E-state index in [4.69, 9.17) is 21.1 Å². The summed E-state index contributed by atoms with van der Waals surface area (Å²) in [6, 6.07) is 8.19. The van der Waals surface area contributed by atoms with E-state index in [-0.39, 0.29) is 29.7 Å². The Bertz CT molecular complexity index is 781. The van der Waals surface area contributed by atoms with Gasteiger partial charge in [0.15, 0.2) is 10.9 Å². The first-order chi connectivity index (χ1) is 11.1. The Morgan fingerprint density at radius 1 is 1.35 bits per heavy atom. The average Bonchev–Trinajstić information content (AvgIpc) is 2.64. The van der Waals surface area contributed by atoms with Crippen LogP contribution in [0.15, 0.2) is 30.3 Å². The van der Waals surface area contributed by atoms with Crippen LogP contribution in [0.1, 0.15) is 17.3 Å². The molecule has 0 atom stereocenters. The molecule has 1 aliphatic heterocycles. The molecule has 3 rings (SSSR count). The molecule has 0 unspecified atom stereocenters. The fourth-order valence-corrected chi connectivity index (χ4v) is 2.35. The van der Waals surface area contributed by atoms with E-state index in [0.717, 1.165) is 0 Å². The fourth-order valence-electron chi connectivity index (χ4n) is 2.20. The highest BCUT2D eigenvalue weighted by molar-refractivity contribution is 6.30. The van der Waals surface area contributed by atoms with Crippen molar-refractivity contribution in [3.05, 3.63) is 41.0 Å². The van der Waals surface area contributed by atoms with Crippen molar-refractivity contribution in [3.8, 4) is 11.6 Å². The quantitative estimate of drug-likeness (QED) is 0.802. The Hall–Kier alpha value is -2.67. The molecule has 1 aliphatic rings. The summed E-state index contributed by atoms with van der Waals surface area (Å²) in [5.74, 6) is -0.555. The molecule has 0 aliphatic carbocycles. The highest BCUT2D eigenvalue weighted by atomic mass is 35.5. The van der Waals surface area contributed by atoms with E-state index < -0.39 is 11.9 Å². The van der Waals surface area contributed by atoms with E-state index in [1.807, 2.05) is 0 Å². The van der Waals surface area contributed by atoms with Crippen molar-refractivity contribution in [1.82, 2.24) is 10.2 Å². The number of carbonyl (C=O) groups is 2. The molecule has 2 heterocycles. The van der Waals surface area contributed by atoms with E-state index in [0.29, 0.717) is 11.4 Å². The average molecular weight is 334 g/mol. The number of ether oxygens (including phenoxy) is 2. The van der Waals surface area contributed by atoms with Gasteiger partial charge in [0, 0.05) is 0 Å². The van der Waals surface area contributed by atoms with Crippen molar-refractivity contribution in [2.75, 3.05) is 18.1 Å². The topological polar surface area (TPSA) is 81.6 Å².